The van der Waals surface area contributed by atoms with E-state index in [1.54, 1.807) is 39.9 Å². The van der Waals surface area contributed by atoms with E-state index in [-0.39, 0.29) is 18.0 Å². The molecule has 1 atom stereocenters. The van der Waals surface area contributed by atoms with Crippen LogP contribution >= 0.6 is 0 Å². The number of ether oxygens (including phenoxy) is 1. The monoisotopic (exact) mass is 514 g/mol. The van der Waals surface area contributed by atoms with Crippen molar-refractivity contribution in [2.75, 3.05) is 24.5 Å². The van der Waals surface area contributed by atoms with Crippen LogP contribution in [-0.2, 0) is 4.74 Å². The lowest BCUT2D eigenvalue weighted by Gasteiger charge is -2.41. The van der Waals surface area contributed by atoms with Crippen molar-refractivity contribution < 1.29 is 13.9 Å². The molecule has 4 aromatic rings. The van der Waals surface area contributed by atoms with Crippen molar-refractivity contribution in [3.63, 3.8) is 0 Å². The molecule has 1 saturated heterocycles. The van der Waals surface area contributed by atoms with E-state index in [9.17, 15) is 10.1 Å². The van der Waals surface area contributed by atoms with E-state index in [0.29, 0.717) is 59.0 Å². The van der Waals surface area contributed by atoms with Crippen LogP contribution in [0.2, 0.25) is 0 Å². The fraction of sp³-hybridized carbons (Fsp3) is 0.333. The number of rotatable bonds is 3. The molecular weight excluding hydrogens is 487 g/mol. The number of nitriles is 1. The average Bonchev–Trinajstić information content (AvgIpc) is 3.28. The minimum atomic E-state index is -0.584. The van der Waals surface area contributed by atoms with E-state index in [1.165, 1.54) is 18.6 Å². The van der Waals surface area contributed by atoms with Crippen LogP contribution in [0.3, 0.4) is 0 Å². The van der Waals surface area contributed by atoms with Gasteiger partial charge in [-0.05, 0) is 33.8 Å². The highest BCUT2D eigenvalue weighted by molar-refractivity contribution is 6.02. The first-order chi connectivity index (χ1) is 18.2. The highest BCUT2D eigenvalue weighted by atomic mass is 19.1. The molecule has 0 bridgehead atoms. The number of amides is 1. The maximum Gasteiger partial charge on any atom is 0.410 e. The number of aromatic nitrogens is 5. The van der Waals surface area contributed by atoms with Gasteiger partial charge in [0.15, 0.2) is 11.5 Å². The van der Waals surface area contributed by atoms with Gasteiger partial charge in [0.1, 0.15) is 29.6 Å². The summed E-state index contributed by atoms with van der Waals surface area (Å²) in [6, 6.07) is 10.1. The maximum atomic E-state index is 15.1. The van der Waals surface area contributed by atoms with E-state index in [4.69, 9.17) is 4.74 Å². The Hall–Kier alpha value is -4.59. The van der Waals surface area contributed by atoms with Gasteiger partial charge in [-0.15, -0.1) is 5.10 Å². The lowest BCUT2D eigenvalue weighted by Crippen LogP contribution is -2.54. The molecule has 10 nitrogen and oxygen atoms in total. The summed E-state index contributed by atoms with van der Waals surface area (Å²) >= 11 is 0. The van der Waals surface area contributed by atoms with Crippen molar-refractivity contribution in [1.82, 2.24) is 29.6 Å². The Balaban J connectivity index is 1.62. The number of piperazine rings is 1. The van der Waals surface area contributed by atoms with Gasteiger partial charge in [-0.3, -0.25) is 4.57 Å². The molecule has 11 heteroatoms. The summed E-state index contributed by atoms with van der Waals surface area (Å²) in [5, 5.41) is 18.1. The lowest BCUT2D eigenvalue weighted by atomic mass is 10.0. The van der Waals surface area contributed by atoms with Gasteiger partial charge in [0.25, 0.3) is 0 Å². The van der Waals surface area contributed by atoms with Gasteiger partial charge in [0.2, 0.25) is 0 Å². The third-order valence-corrected chi connectivity index (χ3v) is 6.30. The highest BCUT2D eigenvalue weighted by Crippen LogP contribution is 2.38. The standard InChI is InChI=1S/C27H27FN8O2/c1-17-14-34(26(37)38-27(2,3)4)9-10-35(17)24-23-20(19-7-5-6-8-21(19)28)15-36(25(23)31-16-30-24)22-11-18(12-29)13-32-33-22/h5-8,11,13,15-17H,9-10,14H2,1-4H3. The Bertz CT molecular complexity index is 1550. The molecule has 3 aromatic heterocycles. The van der Waals surface area contributed by atoms with Crippen LogP contribution in [0.1, 0.15) is 33.3 Å². The molecule has 1 aromatic carbocycles. The first-order valence-electron chi connectivity index (χ1n) is 12.2. The van der Waals surface area contributed by atoms with Gasteiger partial charge in [-0.25, -0.2) is 19.2 Å². The normalized spacial score (nSPS) is 15.9. The minimum Gasteiger partial charge on any atom is -0.444 e. The van der Waals surface area contributed by atoms with Crippen LogP contribution in [0, 0.1) is 17.1 Å². The van der Waals surface area contributed by atoms with Gasteiger partial charge in [-0.2, -0.15) is 10.4 Å². The van der Waals surface area contributed by atoms with Crippen molar-refractivity contribution in [2.24, 2.45) is 0 Å². The summed E-state index contributed by atoms with van der Waals surface area (Å²) in [5.41, 5.74) is 1.22. The zero-order chi connectivity index (χ0) is 27.0. The van der Waals surface area contributed by atoms with E-state index in [2.05, 4.69) is 31.1 Å². The SMILES string of the molecule is CC1CN(C(=O)OC(C)(C)C)CCN1c1ncnc2c1c(-c1ccccc1F)cn2-c1cc(C#N)cnn1. The number of hydrogen-bond donors (Lipinski definition) is 0. The first kappa shape index (κ1) is 25.1. The summed E-state index contributed by atoms with van der Waals surface area (Å²) in [6.07, 6.45) is 4.21. The van der Waals surface area contributed by atoms with E-state index in [1.807, 2.05) is 27.7 Å². The Morgan fingerprint density at radius 1 is 1.18 bits per heavy atom. The third kappa shape index (κ3) is 4.72. The number of carbonyl (C=O) groups is 1. The second-order valence-corrected chi connectivity index (χ2v) is 10.2. The third-order valence-electron chi connectivity index (χ3n) is 6.30. The number of nitrogens with zero attached hydrogens (tertiary/aromatic N) is 8. The van der Waals surface area contributed by atoms with Gasteiger partial charge in [0, 0.05) is 49.1 Å². The Morgan fingerprint density at radius 2 is 1.97 bits per heavy atom. The summed E-state index contributed by atoms with van der Waals surface area (Å²) in [6.45, 7) is 8.90. The highest BCUT2D eigenvalue weighted by Gasteiger charge is 2.32. The number of benzene rings is 1. The molecule has 1 unspecified atom stereocenters. The summed E-state index contributed by atoms with van der Waals surface area (Å²) in [4.78, 5) is 25.6. The largest absolute Gasteiger partial charge is 0.444 e. The van der Waals surface area contributed by atoms with Crippen LogP contribution < -0.4 is 4.90 Å². The number of fused-ring (bicyclic) bond motifs is 1. The Morgan fingerprint density at radius 3 is 2.68 bits per heavy atom. The Labute approximate surface area is 219 Å². The van der Waals surface area contributed by atoms with Crippen molar-refractivity contribution in [1.29, 1.82) is 5.26 Å². The van der Waals surface area contributed by atoms with Crippen LogP contribution in [0.4, 0.5) is 15.0 Å². The summed E-state index contributed by atoms with van der Waals surface area (Å²) in [7, 11) is 0. The van der Waals surface area contributed by atoms with E-state index in [0.717, 1.165) is 0 Å². The number of anilines is 1. The molecule has 1 amide bonds. The fourth-order valence-electron chi connectivity index (χ4n) is 4.62. The molecular formula is C27H27FN8O2. The Kier molecular flexibility index (Phi) is 6.40. The number of halogens is 1. The van der Waals surface area contributed by atoms with E-state index < -0.39 is 5.60 Å². The molecule has 1 aliphatic rings. The summed E-state index contributed by atoms with van der Waals surface area (Å²) in [5.74, 6) is 0.609. The molecule has 0 aliphatic carbocycles. The zero-order valence-corrected chi connectivity index (χ0v) is 21.6. The second-order valence-electron chi connectivity index (χ2n) is 10.2. The minimum absolute atomic E-state index is 0.104. The van der Waals surface area contributed by atoms with Gasteiger partial charge < -0.3 is 14.5 Å². The quantitative estimate of drug-likeness (QED) is 0.397. The molecule has 4 heterocycles. The van der Waals surface area contributed by atoms with Crippen molar-refractivity contribution in [3.8, 4) is 23.0 Å². The average molecular weight is 515 g/mol. The first-order valence-corrected chi connectivity index (χ1v) is 12.2. The predicted molar refractivity (Wildman–Crippen MR) is 139 cm³/mol. The van der Waals surface area contributed by atoms with Gasteiger partial charge >= 0.3 is 6.09 Å². The molecule has 0 N–H and O–H groups in total. The molecule has 0 spiro atoms. The summed E-state index contributed by atoms with van der Waals surface area (Å²) < 4.78 is 22.3. The van der Waals surface area contributed by atoms with Crippen molar-refractivity contribution in [3.05, 3.63) is 60.4 Å². The van der Waals surface area contributed by atoms with Crippen LogP contribution in [-0.4, -0.2) is 67.0 Å². The molecule has 1 fully saturated rings. The van der Waals surface area contributed by atoms with Crippen LogP contribution in [0.25, 0.3) is 28.0 Å². The second kappa shape index (κ2) is 9.70. The van der Waals surface area contributed by atoms with Gasteiger partial charge in [-0.1, -0.05) is 18.2 Å². The molecule has 194 valence electrons. The van der Waals surface area contributed by atoms with Crippen molar-refractivity contribution >= 4 is 22.9 Å². The maximum absolute atomic E-state index is 15.1. The smallest absolute Gasteiger partial charge is 0.410 e. The fourth-order valence-corrected chi connectivity index (χ4v) is 4.62. The predicted octanol–water partition coefficient (Wildman–Crippen LogP) is 4.33. The molecule has 1 aliphatic heterocycles. The van der Waals surface area contributed by atoms with E-state index >= 15 is 4.39 Å². The van der Waals surface area contributed by atoms with Crippen molar-refractivity contribution in [2.45, 2.75) is 39.3 Å². The van der Waals surface area contributed by atoms with Crippen LogP contribution in [0.5, 0.6) is 0 Å². The molecule has 0 saturated carbocycles. The molecule has 5 rings (SSSR count). The lowest BCUT2D eigenvalue weighted by molar-refractivity contribution is 0.0218. The molecule has 0 radical (unpaired) electrons. The molecule has 38 heavy (non-hydrogen) atoms. The van der Waals surface area contributed by atoms with Gasteiger partial charge in [0.05, 0.1) is 17.1 Å². The zero-order valence-electron chi connectivity index (χ0n) is 21.6. The van der Waals surface area contributed by atoms with Crippen LogP contribution in [0.15, 0.2) is 49.1 Å². The number of hydrogen-bond acceptors (Lipinski definition) is 8. The topological polar surface area (TPSA) is 113 Å². The number of carbonyl (C=O) groups excluding carboxylic acids is 1.